The van der Waals surface area contributed by atoms with Gasteiger partial charge in [-0.25, -0.2) is 4.98 Å². The molecule has 216 valence electrons. The van der Waals surface area contributed by atoms with Gasteiger partial charge in [-0.05, 0) is 61.5 Å². The van der Waals surface area contributed by atoms with Crippen molar-refractivity contribution in [3.8, 4) is 28.3 Å². The molecule has 1 amide bonds. The second kappa shape index (κ2) is 13.7. The quantitative estimate of drug-likeness (QED) is 0.190. The number of rotatable bonds is 11. The molecule has 0 saturated heterocycles. The molecule has 0 aliphatic heterocycles. The zero-order valence-corrected chi connectivity index (χ0v) is 24.4. The minimum atomic E-state index is -0.709. The number of anilines is 1. The summed E-state index contributed by atoms with van der Waals surface area (Å²) in [5.41, 5.74) is 11.3. The smallest absolute Gasteiger partial charge is 0.324 e. The van der Waals surface area contributed by atoms with Gasteiger partial charge in [0.2, 0.25) is 5.91 Å². The third kappa shape index (κ3) is 7.29. The molecule has 3 N–H and O–H groups in total. The Morgan fingerprint density at radius 1 is 1.14 bits per heavy atom. The first kappa shape index (κ1) is 30.2. The van der Waals surface area contributed by atoms with E-state index in [1.54, 1.807) is 22.9 Å². The summed E-state index contributed by atoms with van der Waals surface area (Å²) in [7, 11) is 3.87. The van der Waals surface area contributed by atoms with E-state index in [0.717, 1.165) is 34.1 Å². The summed E-state index contributed by atoms with van der Waals surface area (Å²) in [4.78, 5) is 31.7. The number of carbonyl (C=O) groups is 2. The molecule has 2 heterocycles. The van der Waals surface area contributed by atoms with Crippen molar-refractivity contribution in [2.45, 2.75) is 33.0 Å². The van der Waals surface area contributed by atoms with Crippen LogP contribution in [0.1, 0.15) is 25.8 Å². The van der Waals surface area contributed by atoms with Crippen molar-refractivity contribution < 1.29 is 14.3 Å². The standard InChI is InChI=1S/C33H36N6O3/c1-5-22(2)31(35)33(41)42-21-39-20-29(25-11-6-9-23(15-25)18-34)28-17-26(19-36-32(28)39)24-10-7-12-27(16-24)37-30(40)13-8-14-38(3)4/h6-13,15-17,19-20,22,31H,5,14,21,35H2,1-4H3,(H,37,40)/b13-8+/t22-,31-/m0/s1. The first-order valence-electron chi connectivity index (χ1n) is 13.8. The fourth-order valence-electron chi connectivity index (χ4n) is 4.46. The minimum Gasteiger partial charge on any atom is -0.443 e. The maximum Gasteiger partial charge on any atom is 0.324 e. The topological polar surface area (TPSA) is 126 Å². The minimum absolute atomic E-state index is 0.00140. The van der Waals surface area contributed by atoms with Gasteiger partial charge in [0.1, 0.15) is 11.7 Å². The number of nitriles is 1. The number of nitrogens with zero attached hydrogens (tertiary/aromatic N) is 4. The summed E-state index contributed by atoms with van der Waals surface area (Å²) < 4.78 is 7.35. The molecule has 9 heteroatoms. The fraction of sp³-hybridized carbons (Fsp3) is 0.273. The van der Waals surface area contributed by atoms with E-state index in [1.165, 1.54) is 6.08 Å². The maximum atomic E-state index is 12.6. The van der Waals surface area contributed by atoms with Crippen LogP contribution in [0.15, 0.2) is 79.1 Å². The van der Waals surface area contributed by atoms with Crippen LogP contribution in [-0.4, -0.2) is 53.0 Å². The predicted octanol–water partition coefficient (Wildman–Crippen LogP) is 5.17. The van der Waals surface area contributed by atoms with Gasteiger partial charge in [-0.1, -0.05) is 50.6 Å². The first-order valence-corrected chi connectivity index (χ1v) is 13.8. The summed E-state index contributed by atoms with van der Waals surface area (Å²) >= 11 is 0. The number of amides is 1. The van der Waals surface area contributed by atoms with E-state index in [4.69, 9.17) is 15.5 Å². The first-order chi connectivity index (χ1) is 20.2. The lowest BCUT2D eigenvalue weighted by molar-refractivity contribution is -0.150. The molecule has 4 aromatic rings. The van der Waals surface area contributed by atoms with Crippen LogP contribution < -0.4 is 11.1 Å². The number of aromatic nitrogens is 2. The average molecular weight is 565 g/mol. The highest BCUT2D eigenvalue weighted by molar-refractivity contribution is 6.00. The fourth-order valence-corrected chi connectivity index (χ4v) is 4.46. The second-order valence-electron chi connectivity index (χ2n) is 10.5. The molecule has 0 aliphatic rings. The van der Waals surface area contributed by atoms with Crippen molar-refractivity contribution in [3.05, 3.63) is 84.7 Å². The Bertz CT molecular complexity index is 1650. The van der Waals surface area contributed by atoms with Crippen molar-refractivity contribution in [2.24, 2.45) is 11.7 Å². The van der Waals surface area contributed by atoms with Crippen LogP contribution in [0.2, 0.25) is 0 Å². The van der Waals surface area contributed by atoms with Gasteiger partial charge < -0.3 is 20.7 Å². The molecule has 0 aliphatic carbocycles. The zero-order chi connectivity index (χ0) is 30.2. The maximum absolute atomic E-state index is 12.6. The molecule has 0 bridgehead atoms. The number of fused-ring (bicyclic) bond motifs is 1. The van der Waals surface area contributed by atoms with Crippen molar-refractivity contribution >= 4 is 28.6 Å². The lowest BCUT2D eigenvalue weighted by Gasteiger charge is -2.17. The Labute approximate surface area is 246 Å². The van der Waals surface area contributed by atoms with Crippen LogP contribution in [-0.2, 0) is 21.1 Å². The van der Waals surface area contributed by atoms with Crippen LogP contribution in [0.3, 0.4) is 0 Å². The van der Waals surface area contributed by atoms with Crippen LogP contribution in [0.5, 0.6) is 0 Å². The van der Waals surface area contributed by atoms with Crippen LogP contribution in [0, 0.1) is 17.2 Å². The van der Waals surface area contributed by atoms with Crippen LogP contribution >= 0.6 is 0 Å². The van der Waals surface area contributed by atoms with Gasteiger partial charge in [0.25, 0.3) is 0 Å². The number of esters is 1. The largest absolute Gasteiger partial charge is 0.443 e. The van der Waals surface area contributed by atoms with E-state index < -0.39 is 12.0 Å². The number of nitrogens with one attached hydrogen (secondary N) is 1. The summed E-state index contributed by atoms with van der Waals surface area (Å²) in [6, 6.07) is 18.4. The van der Waals surface area contributed by atoms with E-state index in [1.807, 2.05) is 87.6 Å². The van der Waals surface area contributed by atoms with Gasteiger partial charge in [0.15, 0.2) is 6.73 Å². The van der Waals surface area contributed by atoms with E-state index in [0.29, 0.717) is 23.4 Å². The number of pyridine rings is 1. The highest BCUT2D eigenvalue weighted by atomic mass is 16.5. The van der Waals surface area contributed by atoms with Crippen molar-refractivity contribution in [3.63, 3.8) is 0 Å². The Hall–Kier alpha value is -4.78. The van der Waals surface area contributed by atoms with Gasteiger partial charge in [0, 0.05) is 47.2 Å². The Morgan fingerprint density at radius 2 is 1.90 bits per heavy atom. The average Bonchev–Trinajstić information content (AvgIpc) is 3.36. The molecule has 9 nitrogen and oxygen atoms in total. The van der Waals surface area contributed by atoms with Gasteiger partial charge in [0.05, 0.1) is 11.6 Å². The van der Waals surface area contributed by atoms with Gasteiger partial charge in [-0.3, -0.25) is 14.2 Å². The SMILES string of the molecule is CC[C@H](C)[C@H](N)C(=O)OCn1cc(-c2cccc(C#N)c2)c2cc(-c3cccc(NC(=O)/C=C/CN(C)C)c3)cnc21. The molecule has 0 unspecified atom stereocenters. The molecule has 2 aromatic heterocycles. The number of ether oxygens (including phenoxy) is 1. The molecule has 0 spiro atoms. The number of carbonyl (C=O) groups excluding carboxylic acids is 2. The molecule has 42 heavy (non-hydrogen) atoms. The number of likely N-dealkylation sites (N-methyl/N-ethyl adjacent to an activating group) is 1. The number of nitrogens with two attached hydrogens (primary N) is 1. The lowest BCUT2D eigenvalue weighted by Crippen LogP contribution is -2.38. The monoisotopic (exact) mass is 564 g/mol. The van der Waals surface area contributed by atoms with Gasteiger partial charge in [-0.15, -0.1) is 0 Å². The summed E-state index contributed by atoms with van der Waals surface area (Å²) in [5, 5.41) is 13.2. The Balaban J connectivity index is 1.68. The molecule has 0 radical (unpaired) electrons. The molecular weight excluding hydrogens is 528 g/mol. The zero-order valence-electron chi connectivity index (χ0n) is 24.4. The molecule has 2 atom stereocenters. The van der Waals surface area contributed by atoms with E-state index in [-0.39, 0.29) is 18.6 Å². The van der Waals surface area contributed by atoms with Crippen molar-refractivity contribution in [2.75, 3.05) is 26.0 Å². The third-order valence-corrected chi connectivity index (χ3v) is 7.09. The molecule has 4 rings (SSSR count). The summed E-state index contributed by atoms with van der Waals surface area (Å²) in [6.07, 6.45) is 7.72. The van der Waals surface area contributed by atoms with Crippen LogP contribution in [0.4, 0.5) is 5.69 Å². The van der Waals surface area contributed by atoms with E-state index in [2.05, 4.69) is 11.4 Å². The summed E-state index contributed by atoms with van der Waals surface area (Å²) in [6.45, 7) is 4.52. The Morgan fingerprint density at radius 3 is 2.64 bits per heavy atom. The van der Waals surface area contributed by atoms with Gasteiger partial charge in [-0.2, -0.15) is 5.26 Å². The molecule has 0 fully saturated rings. The number of hydrogen-bond donors (Lipinski definition) is 2. The number of hydrogen-bond acceptors (Lipinski definition) is 7. The predicted molar refractivity (Wildman–Crippen MR) is 165 cm³/mol. The number of benzene rings is 2. The van der Waals surface area contributed by atoms with Crippen molar-refractivity contribution in [1.82, 2.24) is 14.5 Å². The van der Waals surface area contributed by atoms with Crippen LogP contribution in [0.25, 0.3) is 33.3 Å². The molecule has 2 aromatic carbocycles. The normalized spacial score (nSPS) is 12.8. The van der Waals surface area contributed by atoms with Gasteiger partial charge >= 0.3 is 5.97 Å². The highest BCUT2D eigenvalue weighted by Crippen LogP contribution is 2.34. The van der Waals surface area contributed by atoms with E-state index >= 15 is 0 Å². The molecular formula is C33H36N6O3. The molecule has 0 saturated carbocycles. The lowest BCUT2D eigenvalue weighted by atomic mass is 10.0. The summed E-state index contributed by atoms with van der Waals surface area (Å²) in [5.74, 6) is -0.674. The Kier molecular flexibility index (Phi) is 9.86. The van der Waals surface area contributed by atoms with E-state index in [9.17, 15) is 14.9 Å². The second-order valence-corrected chi connectivity index (χ2v) is 10.5. The third-order valence-electron chi connectivity index (χ3n) is 7.09. The van der Waals surface area contributed by atoms with Crippen molar-refractivity contribution in [1.29, 1.82) is 5.26 Å². The highest BCUT2D eigenvalue weighted by Gasteiger charge is 2.22.